The van der Waals surface area contributed by atoms with Crippen molar-refractivity contribution >= 4 is 16.8 Å². The van der Waals surface area contributed by atoms with Crippen LogP contribution in [0.4, 0.5) is 0 Å². The fraction of sp³-hybridized carbons (Fsp3) is 0.174. The summed E-state index contributed by atoms with van der Waals surface area (Å²) in [5.74, 6) is -0.209. The fourth-order valence-corrected chi connectivity index (χ4v) is 3.36. The van der Waals surface area contributed by atoms with Crippen LogP contribution in [0.25, 0.3) is 11.0 Å². The molecule has 7 nitrogen and oxygen atoms in total. The number of rotatable bonds is 5. The highest BCUT2D eigenvalue weighted by Crippen LogP contribution is 2.12. The summed E-state index contributed by atoms with van der Waals surface area (Å²) in [7, 11) is 0. The van der Waals surface area contributed by atoms with Crippen molar-refractivity contribution in [2.75, 3.05) is 0 Å². The molecule has 30 heavy (non-hydrogen) atoms. The molecule has 3 aromatic heterocycles. The highest BCUT2D eigenvalue weighted by molar-refractivity contribution is 5.96. The van der Waals surface area contributed by atoms with Gasteiger partial charge >= 0.3 is 5.69 Å². The van der Waals surface area contributed by atoms with Crippen molar-refractivity contribution in [2.45, 2.75) is 26.9 Å². The number of nitrogens with zero attached hydrogens (tertiary/aromatic N) is 4. The zero-order valence-electron chi connectivity index (χ0n) is 16.7. The first-order chi connectivity index (χ1) is 14.5. The molecule has 0 atom stereocenters. The lowest BCUT2D eigenvalue weighted by Gasteiger charge is -2.13. The fourth-order valence-electron chi connectivity index (χ4n) is 3.36. The van der Waals surface area contributed by atoms with Gasteiger partial charge in [0.05, 0.1) is 18.6 Å². The summed E-state index contributed by atoms with van der Waals surface area (Å²) in [6.45, 7) is 3.81. The molecule has 0 fully saturated rings. The maximum Gasteiger partial charge on any atom is 0.332 e. The number of fused-ring (bicyclic) bond motifs is 1. The number of hydrogen-bond acceptors (Lipinski definition) is 5. The van der Waals surface area contributed by atoms with Gasteiger partial charge in [-0.3, -0.25) is 23.7 Å². The van der Waals surface area contributed by atoms with Gasteiger partial charge in [0.1, 0.15) is 0 Å². The van der Waals surface area contributed by atoms with Crippen LogP contribution in [0.2, 0.25) is 0 Å². The summed E-state index contributed by atoms with van der Waals surface area (Å²) in [4.78, 5) is 47.2. The van der Waals surface area contributed by atoms with Crippen molar-refractivity contribution in [3.8, 4) is 0 Å². The van der Waals surface area contributed by atoms with Crippen LogP contribution in [-0.2, 0) is 13.1 Å². The van der Waals surface area contributed by atoms with Gasteiger partial charge in [0, 0.05) is 24.2 Å². The summed E-state index contributed by atoms with van der Waals surface area (Å²) in [5, 5.41) is 0. The molecule has 0 aliphatic rings. The van der Waals surface area contributed by atoms with E-state index in [1.165, 1.54) is 10.8 Å². The lowest BCUT2D eigenvalue weighted by Crippen LogP contribution is -2.41. The summed E-state index contributed by atoms with van der Waals surface area (Å²) >= 11 is 0. The predicted octanol–water partition coefficient (Wildman–Crippen LogP) is 2.50. The van der Waals surface area contributed by atoms with E-state index < -0.39 is 11.2 Å². The second-order valence-electron chi connectivity index (χ2n) is 7.21. The van der Waals surface area contributed by atoms with Gasteiger partial charge in [-0.25, -0.2) is 9.78 Å². The number of pyridine rings is 2. The van der Waals surface area contributed by atoms with Crippen molar-refractivity contribution in [3.63, 3.8) is 0 Å². The van der Waals surface area contributed by atoms with Gasteiger partial charge in [0.2, 0.25) is 0 Å². The van der Waals surface area contributed by atoms with E-state index in [1.807, 2.05) is 26.0 Å². The first-order valence-corrected chi connectivity index (χ1v) is 9.53. The van der Waals surface area contributed by atoms with Gasteiger partial charge < -0.3 is 0 Å². The molecule has 0 saturated heterocycles. The standard InChI is InChI=1S/C23H20N4O3/c1-15-5-6-18(12-16(15)2)20(28)14-26-19-4-3-9-25-21(19)22(29)27(23(26)30)13-17-7-10-24-11-8-17/h3-12H,13-14H2,1-2H3. The molecule has 0 aliphatic heterocycles. The van der Waals surface area contributed by atoms with E-state index >= 15 is 0 Å². The van der Waals surface area contributed by atoms with E-state index in [9.17, 15) is 14.4 Å². The molecule has 0 spiro atoms. The highest BCUT2D eigenvalue weighted by Gasteiger charge is 2.17. The molecule has 0 aliphatic carbocycles. The molecular weight excluding hydrogens is 380 g/mol. The van der Waals surface area contributed by atoms with Gasteiger partial charge in [0.25, 0.3) is 5.56 Å². The number of carbonyl (C=O) groups is 1. The number of carbonyl (C=O) groups excluding carboxylic acids is 1. The van der Waals surface area contributed by atoms with Crippen LogP contribution in [0.5, 0.6) is 0 Å². The molecule has 4 rings (SSSR count). The van der Waals surface area contributed by atoms with Crippen molar-refractivity contribution in [1.82, 2.24) is 19.1 Å². The van der Waals surface area contributed by atoms with E-state index in [4.69, 9.17) is 0 Å². The molecule has 4 aromatic rings. The average Bonchev–Trinajstić information content (AvgIpc) is 2.76. The van der Waals surface area contributed by atoms with Crippen LogP contribution in [0.1, 0.15) is 27.0 Å². The van der Waals surface area contributed by atoms with E-state index in [0.717, 1.165) is 21.3 Å². The maximum atomic E-state index is 13.2. The van der Waals surface area contributed by atoms with Crippen molar-refractivity contribution in [3.05, 3.63) is 104 Å². The molecule has 3 heterocycles. The van der Waals surface area contributed by atoms with Gasteiger partial charge in [-0.2, -0.15) is 0 Å². The third-order valence-corrected chi connectivity index (χ3v) is 5.21. The number of ketones is 1. The molecule has 0 amide bonds. The monoisotopic (exact) mass is 400 g/mol. The van der Waals surface area contributed by atoms with Gasteiger partial charge in [-0.15, -0.1) is 0 Å². The maximum absolute atomic E-state index is 13.2. The molecule has 150 valence electrons. The first-order valence-electron chi connectivity index (χ1n) is 9.53. The SMILES string of the molecule is Cc1ccc(C(=O)Cn2c(=O)n(Cc3ccncc3)c(=O)c3ncccc32)cc1C. The summed E-state index contributed by atoms with van der Waals surface area (Å²) in [6, 6.07) is 12.2. The molecule has 0 bridgehead atoms. The smallest absolute Gasteiger partial charge is 0.292 e. The molecule has 0 N–H and O–H groups in total. The minimum absolute atomic E-state index is 0.0739. The Morgan fingerprint density at radius 1 is 0.933 bits per heavy atom. The van der Waals surface area contributed by atoms with Crippen LogP contribution in [-0.4, -0.2) is 24.9 Å². The predicted molar refractivity (Wildman–Crippen MR) is 114 cm³/mol. The number of aryl methyl sites for hydroxylation is 2. The highest BCUT2D eigenvalue weighted by atomic mass is 16.2. The number of Topliss-reactive ketones (excluding diaryl/α,β-unsaturated/α-hetero) is 1. The number of aromatic nitrogens is 4. The zero-order chi connectivity index (χ0) is 21.3. The molecule has 1 aromatic carbocycles. The third-order valence-electron chi connectivity index (χ3n) is 5.21. The Kier molecular flexibility index (Phi) is 5.10. The molecule has 7 heteroatoms. The quantitative estimate of drug-likeness (QED) is 0.481. The Hall–Kier alpha value is -3.87. The van der Waals surface area contributed by atoms with Crippen molar-refractivity contribution in [2.24, 2.45) is 0 Å². The molecule has 0 saturated carbocycles. The van der Waals surface area contributed by atoms with E-state index in [1.54, 1.807) is 42.7 Å². The lowest BCUT2D eigenvalue weighted by molar-refractivity contribution is 0.0971. The summed E-state index contributed by atoms with van der Waals surface area (Å²) < 4.78 is 2.43. The summed E-state index contributed by atoms with van der Waals surface area (Å²) in [5.41, 5.74) is 2.83. The van der Waals surface area contributed by atoms with Gasteiger partial charge in [-0.1, -0.05) is 12.1 Å². The second-order valence-corrected chi connectivity index (χ2v) is 7.21. The van der Waals surface area contributed by atoms with Crippen LogP contribution >= 0.6 is 0 Å². The topological polar surface area (TPSA) is 86.9 Å². The molecule has 0 unspecified atom stereocenters. The van der Waals surface area contributed by atoms with Gasteiger partial charge in [0.15, 0.2) is 11.3 Å². The largest absolute Gasteiger partial charge is 0.332 e. The van der Waals surface area contributed by atoms with E-state index in [0.29, 0.717) is 11.1 Å². The minimum atomic E-state index is -0.547. The molecular formula is C23H20N4O3. The first kappa shape index (κ1) is 19.4. The van der Waals surface area contributed by atoms with Crippen molar-refractivity contribution < 1.29 is 4.79 Å². The Labute approximate surface area is 172 Å². The van der Waals surface area contributed by atoms with Crippen LogP contribution in [0.3, 0.4) is 0 Å². The zero-order valence-corrected chi connectivity index (χ0v) is 16.7. The average molecular weight is 400 g/mol. The Morgan fingerprint density at radius 3 is 2.43 bits per heavy atom. The van der Waals surface area contributed by atoms with Crippen LogP contribution in [0, 0.1) is 13.8 Å². The Morgan fingerprint density at radius 2 is 1.70 bits per heavy atom. The van der Waals surface area contributed by atoms with Crippen LogP contribution < -0.4 is 11.2 Å². The van der Waals surface area contributed by atoms with Crippen molar-refractivity contribution in [1.29, 1.82) is 0 Å². The van der Waals surface area contributed by atoms with Gasteiger partial charge in [-0.05, 0) is 60.9 Å². The van der Waals surface area contributed by atoms with Crippen LogP contribution in [0.15, 0.2) is 70.6 Å². The summed E-state index contributed by atoms with van der Waals surface area (Å²) in [6.07, 6.45) is 4.70. The van der Waals surface area contributed by atoms with E-state index in [-0.39, 0.29) is 24.4 Å². The lowest BCUT2D eigenvalue weighted by atomic mass is 10.0. The second kappa shape index (κ2) is 7.87. The minimum Gasteiger partial charge on any atom is -0.292 e. The number of hydrogen-bond donors (Lipinski definition) is 0. The third kappa shape index (κ3) is 3.57. The Balaban J connectivity index is 1.84. The number of benzene rings is 1. The molecule has 0 radical (unpaired) electrons. The Bertz CT molecular complexity index is 1370. The normalized spacial score (nSPS) is 11.0. The van der Waals surface area contributed by atoms with E-state index in [2.05, 4.69) is 9.97 Å².